The molecule has 4 nitrogen and oxygen atoms in total. The number of aromatic carboxylic acids is 1. The van der Waals surface area contributed by atoms with Crippen molar-refractivity contribution in [3.63, 3.8) is 0 Å². The Morgan fingerprint density at radius 3 is 2.15 bits per heavy atom. The maximum Gasteiger partial charge on any atom is 0.491 e. The fraction of sp³-hybridized carbons (Fsp3) is 0.0769. The van der Waals surface area contributed by atoms with Crippen LogP contribution < -0.4 is 4.74 Å². The standard InChI is InChI=1S/C13H7F3O4/c14-13(15,16)12(19)20-10-6-5-9(11(17)18)7-3-1-2-4-8(7)10/h1-6H,(H,17,18). The number of halogens is 3. The van der Waals surface area contributed by atoms with Crippen molar-refractivity contribution in [2.45, 2.75) is 6.18 Å². The number of carbonyl (C=O) groups excluding carboxylic acids is 1. The van der Waals surface area contributed by atoms with Gasteiger partial charge in [-0.2, -0.15) is 13.2 Å². The number of carbonyl (C=O) groups is 2. The quantitative estimate of drug-likeness (QED) is 0.680. The number of carboxylic acid groups (broad SMARTS) is 1. The normalized spacial score (nSPS) is 11.3. The van der Waals surface area contributed by atoms with Crippen LogP contribution in [0.15, 0.2) is 36.4 Å². The Bertz CT molecular complexity index is 692. The van der Waals surface area contributed by atoms with Crippen LogP contribution in [0.3, 0.4) is 0 Å². The maximum absolute atomic E-state index is 12.2. The molecule has 104 valence electrons. The van der Waals surface area contributed by atoms with Gasteiger partial charge in [0.05, 0.1) is 5.56 Å². The Morgan fingerprint density at radius 2 is 1.60 bits per heavy atom. The second kappa shape index (κ2) is 4.84. The lowest BCUT2D eigenvalue weighted by Crippen LogP contribution is -2.28. The van der Waals surface area contributed by atoms with Gasteiger partial charge in [-0.1, -0.05) is 24.3 Å². The number of rotatable bonds is 2. The Labute approximate surface area is 110 Å². The molecule has 2 aromatic carbocycles. The van der Waals surface area contributed by atoms with Gasteiger partial charge in [0, 0.05) is 5.39 Å². The van der Waals surface area contributed by atoms with E-state index in [1.165, 1.54) is 24.3 Å². The smallest absolute Gasteiger partial charge is 0.478 e. The first-order chi connectivity index (χ1) is 9.30. The molecule has 0 aliphatic carbocycles. The molecule has 0 heterocycles. The minimum atomic E-state index is -5.12. The average molecular weight is 284 g/mol. The lowest BCUT2D eigenvalue weighted by molar-refractivity contribution is -0.189. The minimum Gasteiger partial charge on any atom is -0.478 e. The van der Waals surface area contributed by atoms with Crippen LogP contribution in [0.5, 0.6) is 5.75 Å². The summed E-state index contributed by atoms with van der Waals surface area (Å²) in [6.07, 6.45) is -5.12. The number of fused-ring (bicyclic) bond motifs is 1. The van der Waals surface area contributed by atoms with Crippen LogP contribution in [0.25, 0.3) is 10.8 Å². The van der Waals surface area contributed by atoms with E-state index in [1.807, 2.05) is 0 Å². The molecule has 0 radical (unpaired) electrons. The third kappa shape index (κ3) is 2.56. The molecule has 0 fully saturated rings. The molecule has 0 unspecified atom stereocenters. The summed E-state index contributed by atoms with van der Waals surface area (Å²) in [5.74, 6) is -3.92. The molecular formula is C13H7F3O4. The highest BCUT2D eigenvalue weighted by molar-refractivity contribution is 6.06. The highest BCUT2D eigenvalue weighted by Gasteiger charge is 2.41. The molecule has 0 amide bonds. The zero-order valence-corrected chi connectivity index (χ0v) is 9.77. The van der Waals surface area contributed by atoms with Crippen molar-refractivity contribution in [2.75, 3.05) is 0 Å². The summed E-state index contributed by atoms with van der Waals surface area (Å²) in [5, 5.41) is 9.30. The van der Waals surface area contributed by atoms with Crippen molar-refractivity contribution in [1.29, 1.82) is 0 Å². The van der Waals surface area contributed by atoms with Gasteiger partial charge in [0.25, 0.3) is 0 Å². The van der Waals surface area contributed by atoms with Gasteiger partial charge in [-0.15, -0.1) is 0 Å². The summed E-state index contributed by atoms with van der Waals surface area (Å²) >= 11 is 0. The van der Waals surface area contributed by atoms with Crippen LogP contribution in [-0.4, -0.2) is 23.2 Å². The van der Waals surface area contributed by atoms with Crippen LogP contribution in [0, 0.1) is 0 Å². The summed E-state index contributed by atoms with van der Waals surface area (Å²) < 4.78 is 40.8. The van der Waals surface area contributed by atoms with Crippen molar-refractivity contribution in [2.24, 2.45) is 0 Å². The summed E-state index contributed by atoms with van der Waals surface area (Å²) in [6.45, 7) is 0. The molecule has 0 aliphatic heterocycles. The lowest BCUT2D eigenvalue weighted by Gasteiger charge is -2.10. The first kappa shape index (κ1) is 13.9. The Morgan fingerprint density at radius 1 is 1.00 bits per heavy atom. The minimum absolute atomic E-state index is 0.0904. The van der Waals surface area contributed by atoms with Crippen molar-refractivity contribution in [3.05, 3.63) is 42.0 Å². The van der Waals surface area contributed by atoms with Gasteiger partial charge >= 0.3 is 18.1 Å². The number of esters is 1. The van der Waals surface area contributed by atoms with Crippen molar-refractivity contribution in [3.8, 4) is 5.75 Å². The average Bonchev–Trinajstić information content (AvgIpc) is 2.37. The van der Waals surface area contributed by atoms with E-state index in [0.29, 0.717) is 0 Å². The molecule has 0 aliphatic rings. The topological polar surface area (TPSA) is 63.6 Å². The van der Waals surface area contributed by atoms with E-state index in [9.17, 15) is 22.8 Å². The summed E-state index contributed by atoms with van der Waals surface area (Å²) in [7, 11) is 0. The Balaban J connectivity index is 2.54. The SMILES string of the molecule is O=C(O)c1ccc(OC(=O)C(F)(F)F)c2ccccc12. The van der Waals surface area contributed by atoms with Gasteiger partial charge < -0.3 is 9.84 Å². The predicted octanol–water partition coefficient (Wildman–Crippen LogP) is 3.01. The largest absolute Gasteiger partial charge is 0.491 e. The van der Waals surface area contributed by atoms with E-state index in [0.717, 1.165) is 12.1 Å². The van der Waals surface area contributed by atoms with Crippen molar-refractivity contribution in [1.82, 2.24) is 0 Å². The molecule has 1 N–H and O–H groups in total. The first-order valence-electron chi connectivity index (χ1n) is 5.35. The zero-order chi connectivity index (χ0) is 14.9. The predicted molar refractivity (Wildman–Crippen MR) is 62.6 cm³/mol. The van der Waals surface area contributed by atoms with Gasteiger partial charge in [-0.3, -0.25) is 0 Å². The number of hydrogen-bond acceptors (Lipinski definition) is 3. The lowest BCUT2D eigenvalue weighted by atomic mass is 10.0. The van der Waals surface area contributed by atoms with Crippen molar-refractivity contribution >= 4 is 22.7 Å². The van der Waals surface area contributed by atoms with Gasteiger partial charge in [0.1, 0.15) is 5.75 Å². The zero-order valence-electron chi connectivity index (χ0n) is 9.77. The van der Waals surface area contributed by atoms with E-state index >= 15 is 0 Å². The monoisotopic (exact) mass is 284 g/mol. The van der Waals surface area contributed by atoms with Crippen molar-refractivity contribution < 1.29 is 32.6 Å². The van der Waals surface area contributed by atoms with Gasteiger partial charge in [0.15, 0.2) is 0 Å². The molecule has 0 aromatic heterocycles. The Hall–Kier alpha value is -2.57. The molecule has 7 heteroatoms. The number of alkyl halides is 3. The molecular weight excluding hydrogens is 277 g/mol. The summed E-state index contributed by atoms with van der Waals surface area (Å²) in [6, 6.07) is 7.94. The fourth-order valence-corrected chi connectivity index (χ4v) is 1.70. The molecule has 0 atom stereocenters. The first-order valence-corrected chi connectivity index (χ1v) is 5.35. The second-order valence-corrected chi connectivity index (χ2v) is 3.85. The summed E-state index contributed by atoms with van der Waals surface area (Å²) in [4.78, 5) is 21.9. The van der Waals surface area contributed by atoms with E-state index < -0.39 is 18.1 Å². The molecule has 0 spiro atoms. The van der Waals surface area contributed by atoms with Crippen LogP contribution >= 0.6 is 0 Å². The fourth-order valence-electron chi connectivity index (χ4n) is 1.70. The van der Waals surface area contributed by atoms with E-state index in [-0.39, 0.29) is 22.1 Å². The maximum atomic E-state index is 12.2. The molecule has 20 heavy (non-hydrogen) atoms. The van der Waals surface area contributed by atoms with E-state index in [4.69, 9.17) is 5.11 Å². The van der Waals surface area contributed by atoms with Crippen LogP contribution in [0.4, 0.5) is 13.2 Å². The van der Waals surface area contributed by atoms with E-state index in [1.54, 1.807) is 0 Å². The number of carboxylic acids is 1. The number of benzene rings is 2. The number of hydrogen-bond donors (Lipinski definition) is 1. The highest BCUT2D eigenvalue weighted by atomic mass is 19.4. The molecule has 2 aromatic rings. The number of ether oxygens (including phenoxy) is 1. The molecule has 2 rings (SSSR count). The molecule has 0 saturated carbocycles. The van der Waals surface area contributed by atoms with Crippen LogP contribution in [-0.2, 0) is 4.79 Å². The van der Waals surface area contributed by atoms with E-state index in [2.05, 4.69) is 4.74 Å². The van der Waals surface area contributed by atoms with Gasteiger partial charge in [0.2, 0.25) is 0 Å². The third-order valence-electron chi connectivity index (χ3n) is 2.55. The third-order valence-corrected chi connectivity index (χ3v) is 2.55. The molecule has 0 bridgehead atoms. The van der Waals surface area contributed by atoms with Crippen LogP contribution in [0.1, 0.15) is 10.4 Å². The summed E-state index contributed by atoms with van der Waals surface area (Å²) in [5.41, 5.74) is -0.0904. The van der Waals surface area contributed by atoms with Gasteiger partial charge in [-0.25, -0.2) is 9.59 Å². The molecule has 0 saturated heterocycles. The Kier molecular flexibility index (Phi) is 3.35. The van der Waals surface area contributed by atoms with Gasteiger partial charge in [-0.05, 0) is 17.5 Å². The van der Waals surface area contributed by atoms with Crippen LogP contribution in [0.2, 0.25) is 0 Å². The second-order valence-electron chi connectivity index (χ2n) is 3.85. The highest BCUT2D eigenvalue weighted by Crippen LogP contribution is 2.30.